The molecule has 2 aromatic carbocycles. The van der Waals surface area contributed by atoms with Crippen molar-refractivity contribution in [1.82, 2.24) is 4.90 Å². The third-order valence-corrected chi connectivity index (χ3v) is 4.78. The van der Waals surface area contributed by atoms with E-state index in [0.717, 1.165) is 23.2 Å². The number of hydrogen-bond donors (Lipinski definition) is 0. The maximum atomic E-state index is 5.33. The Bertz CT molecular complexity index is 563. The van der Waals surface area contributed by atoms with Crippen LogP contribution in [0, 0.1) is 0 Å². The predicted octanol–water partition coefficient (Wildman–Crippen LogP) is 4.19. The molecule has 0 N–H and O–H groups in total. The fourth-order valence-corrected chi connectivity index (χ4v) is 3.45. The second kappa shape index (κ2) is 5.76. The quantitative estimate of drug-likeness (QED) is 0.779. The number of nitrogens with zero attached hydrogens (tertiary/aromatic N) is 1. The molecule has 1 fully saturated rings. The lowest BCUT2D eigenvalue weighted by molar-refractivity contribution is 0.464. The molecule has 2 aromatic rings. The summed E-state index contributed by atoms with van der Waals surface area (Å²) in [7, 11) is 0. The predicted molar refractivity (Wildman–Crippen MR) is 87.3 cm³/mol. The minimum atomic E-state index is 0.931. The van der Waals surface area contributed by atoms with Gasteiger partial charge in [-0.2, -0.15) is 0 Å². The van der Waals surface area contributed by atoms with Gasteiger partial charge < -0.3 is 4.90 Å². The van der Waals surface area contributed by atoms with Crippen LogP contribution in [0.2, 0.25) is 0 Å². The highest BCUT2D eigenvalue weighted by Gasteiger charge is 2.17. The Morgan fingerprint density at radius 2 is 1.63 bits per heavy atom. The van der Waals surface area contributed by atoms with Crippen LogP contribution in [0.1, 0.15) is 5.56 Å². The van der Waals surface area contributed by atoms with Gasteiger partial charge >= 0.3 is 0 Å². The van der Waals surface area contributed by atoms with Crippen LogP contribution >= 0.6 is 24.0 Å². The minimum Gasteiger partial charge on any atom is -0.352 e. The molecule has 19 heavy (non-hydrogen) atoms. The van der Waals surface area contributed by atoms with Crippen molar-refractivity contribution in [3.63, 3.8) is 0 Å². The molecule has 0 atom stereocenters. The monoisotopic (exact) mass is 285 g/mol. The summed E-state index contributed by atoms with van der Waals surface area (Å²) in [6, 6.07) is 19.3. The molecule has 3 rings (SSSR count). The van der Waals surface area contributed by atoms with Gasteiger partial charge in [-0.1, -0.05) is 78.6 Å². The average Bonchev–Trinajstić information content (AvgIpc) is 2.86. The summed E-state index contributed by atoms with van der Waals surface area (Å²) in [4.78, 5) is 2.28. The van der Waals surface area contributed by atoms with E-state index >= 15 is 0 Å². The molecule has 0 radical (unpaired) electrons. The zero-order chi connectivity index (χ0) is 13.1. The van der Waals surface area contributed by atoms with Crippen molar-refractivity contribution in [1.29, 1.82) is 0 Å². The Balaban J connectivity index is 1.74. The summed E-state index contributed by atoms with van der Waals surface area (Å²) in [6.45, 7) is 2.00. The highest BCUT2D eigenvalue weighted by molar-refractivity contribution is 8.23. The van der Waals surface area contributed by atoms with E-state index in [4.69, 9.17) is 12.2 Å². The van der Waals surface area contributed by atoms with Crippen molar-refractivity contribution in [3.05, 3.63) is 60.2 Å². The maximum Gasteiger partial charge on any atom is 0.136 e. The summed E-state index contributed by atoms with van der Waals surface area (Å²) in [5.74, 6) is 1.13. The van der Waals surface area contributed by atoms with Crippen molar-refractivity contribution < 1.29 is 0 Å². The second-order valence-electron chi connectivity index (χ2n) is 4.60. The maximum absolute atomic E-state index is 5.33. The van der Waals surface area contributed by atoms with Crippen LogP contribution < -0.4 is 0 Å². The van der Waals surface area contributed by atoms with E-state index in [0.29, 0.717) is 0 Å². The standard InChI is InChI=1S/C16H15NS2/c18-16-17(10-11-19-16)12-13-6-8-15(9-7-13)14-4-2-1-3-5-14/h1-9H,10-12H2. The Morgan fingerprint density at radius 3 is 2.26 bits per heavy atom. The number of benzene rings is 2. The van der Waals surface area contributed by atoms with Gasteiger partial charge in [0, 0.05) is 18.8 Å². The SMILES string of the molecule is S=C1SCCN1Cc1ccc(-c2ccccc2)cc1. The fraction of sp³-hybridized carbons (Fsp3) is 0.188. The summed E-state index contributed by atoms with van der Waals surface area (Å²) in [5, 5.41) is 0. The minimum absolute atomic E-state index is 0.931. The lowest BCUT2D eigenvalue weighted by Gasteiger charge is -2.16. The van der Waals surface area contributed by atoms with Crippen LogP contribution in [-0.4, -0.2) is 21.5 Å². The molecule has 0 unspecified atom stereocenters. The number of thiocarbonyl (C=S) groups is 1. The van der Waals surface area contributed by atoms with Gasteiger partial charge in [0.25, 0.3) is 0 Å². The van der Waals surface area contributed by atoms with Crippen molar-refractivity contribution in [3.8, 4) is 11.1 Å². The lowest BCUT2D eigenvalue weighted by atomic mass is 10.0. The molecular weight excluding hydrogens is 270 g/mol. The molecule has 0 spiro atoms. The average molecular weight is 285 g/mol. The van der Waals surface area contributed by atoms with E-state index in [9.17, 15) is 0 Å². The Labute approximate surface area is 123 Å². The van der Waals surface area contributed by atoms with E-state index in [2.05, 4.69) is 53.4 Å². The Hall–Kier alpha value is -1.32. The molecule has 0 saturated carbocycles. The molecule has 0 aliphatic carbocycles. The molecule has 1 nitrogen and oxygen atoms in total. The first-order chi connectivity index (χ1) is 9.33. The van der Waals surface area contributed by atoms with Crippen LogP contribution in [-0.2, 0) is 6.54 Å². The largest absolute Gasteiger partial charge is 0.352 e. The summed E-state index contributed by atoms with van der Waals surface area (Å²) < 4.78 is 1.03. The smallest absolute Gasteiger partial charge is 0.136 e. The highest BCUT2D eigenvalue weighted by Crippen LogP contribution is 2.23. The molecule has 1 aliphatic heterocycles. The van der Waals surface area contributed by atoms with Crippen LogP contribution in [0.5, 0.6) is 0 Å². The van der Waals surface area contributed by atoms with Crippen molar-refractivity contribution in [2.45, 2.75) is 6.54 Å². The molecule has 0 aromatic heterocycles. The first kappa shape index (κ1) is 12.7. The van der Waals surface area contributed by atoms with Gasteiger partial charge in [0.15, 0.2) is 0 Å². The first-order valence-corrected chi connectivity index (χ1v) is 7.78. The van der Waals surface area contributed by atoms with E-state index in [1.54, 1.807) is 11.8 Å². The van der Waals surface area contributed by atoms with E-state index in [1.165, 1.54) is 16.7 Å². The summed E-state index contributed by atoms with van der Waals surface area (Å²) >= 11 is 7.11. The van der Waals surface area contributed by atoms with Gasteiger partial charge in [-0.3, -0.25) is 0 Å². The zero-order valence-corrected chi connectivity index (χ0v) is 12.2. The van der Waals surface area contributed by atoms with Crippen LogP contribution in [0.3, 0.4) is 0 Å². The molecular formula is C16H15NS2. The van der Waals surface area contributed by atoms with Crippen molar-refractivity contribution in [2.75, 3.05) is 12.3 Å². The van der Waals surface area contributed by atoms with E-state index < -0.39 is 0 Å². The van der Waals surface area contributed by atoms with Gasteiger partial charge in [-0.15, -0.1) is 0 Å². The topological polar surface area (TPSA) is 3.24 Å². The van der Waals surface area contributed by atoms with Gasteiger partial charge in [-0.25, -0.2) is 0 Å². The lowest BCUT2D eigenvalue weighted by Crippen LogP contribution is -2.22. The molecule has 0 bridgehead atoms. The van der Waals surface area contributed by atoms with Gasteiger partial charge in [0.1, 0.15) is 4.32 Å². The zero-order valence-electron chi connectivity index (χ0n) is 10.6. The molecule has 1 heterocycles. The van der Waals surface area contributed by atoms with Gasteiger partial charge in [-0.05, 0) is 16.7 Å². The van der Waals surface area contributed by atoms with Gasteiger partial charge in [0.2, 0.25) is 0 Å². The third-order valence-electron chi connectivity index (χ3n) is 3.28. The molecule has 3 heteroatoms. The number of hydrogen-bond acceptors (Lipinski definition) is 2. The Kier molecular flexibility index (Phi) is 3.85. The number of thioether (sulfide) groups is 1. The normalized spacial score (nSPS) is 14.9. The molecule has 0 amide bonds. The second-order valence-corrected chi connectivity index (χ2v) is 6.33. The molecule has 1 aliphatic rings. The third kappa shape index (κ3) is 2.99. The fourth-order valence-electron chi connectivity index (χ4n) is 2.22. The summed E-state index contributed by atoms with van der Waals surface area (Å²) in [5.41, 5.74) is 3.86. The summed E-state index contributed by atoms with van der Waals surface area (Å²) in [6.07, 6.45) is 0. The van der Waals surface area contributed by atoms with Crippen molar-refractivity contribution in [2.24, 2.45) is 0 Å². The highest BCUT2D eigenvalue weighted by atomic mass is 32.2. The Morgan fingerprint density at radius 1 is 0.947 bits per heavy atom. The van der Waals surface area contributed by atoms with E-state index in [-0.39, 0.29) is 0 Å². The molecule has 96 valence electrons. The number of rotatable bonds is 3. The van der Waals surface area contributed by atoms with Crippen LogP contribution in [0.15, 0.2) is 54.6 Å². The first-order valence-electron chi connectivity index (χ1n) is 6.39. The van der Waals surface area contributed by atoms with Gasteiger partial charge in [0.05, 0.1) is 0 Å². The van der Waals surface area contributed by atoms with E-state index in [1.807, 2.05) is 6.07 Å². The molecule has 1 saturated heterocycles. The van der Waals surface area contributed by atoms with Crippen LogP contribution in [0.4, 0.5) is 0 Å². The van der Waals surface area contributed by atoms with Crippen LogP contribution in [0.25, 0.3) is 11.1 Å². The van der Waals surface area contributed by atoms with Crippen molar-refractivity contribution >= 4 is 28.3 Å².